The summed E-state index contributed by atoms with van der Waals surface area (Å²) in [6.07, 6.45) is 6.60. The molecule has 2 heteroatoms. The third-order valence-electron chi connectivity index (χ3n) is 4.94. The first-order valence-electron chi connectivity index (χ1n) is 9.24. The minimum Gasteiger partial charge on any atom is -0.314 e. The molecule has 24 heavy (non-hydrogen) atoms. The van der Waals surface area contributed by atoms with Crippen molar-refractivity contribution < 1.29 is 4.57 Å². The van der Waals surface area contributed by atoms with Crippen molar-refractivity contribution in [2.75, 3.05) is 6.16 Å². The standard InChI is InChI=1S/C22H31OP/c1-4-6-18-22(3,17-5-2)19-24(23,20-13-9-7-10-14-20)21-15-11-8-12-16-21/h7-16H,4-6,17-19H2,1-3H3. The van der Waals surface area contributed by atoms with Crippen LogP contribution in [0.5, 0.6) is 0 Å². The Morgan fingerprint density at radius 1 is 0.792 bits per heavy atom. The maximum absolute atomic E-state index is 14.3. The minimum absolute atomic E-state index is 0.131. The lowest BCUT2D eigenvalue weighted by Gasteiger charge is -2.34. The number of benzene rings is 2. The average molecular weight is 342 g/mol. The molecule has 0 aromatic heterocycles. The van der Waals surface area contributed by atoms with Gasteiger partial charge in [0.1, 0.15) is 7.14 Å². The van der Waals surface area contributed by atoms with Gasteiger partial charge in [-0.05, 0) is 18.3 Å². The van der Waals surface area contributed by atoms with E-state index in [-0.39, 0.29) is 5.41 Å². The largest absolute Gasteiger partial charge is 0.314 e. The quantitative estimate of drug-likeness (QED) is 0.511. The van der Waals surface area contributed by atoms with Crippen molar-refractivity contribution in [1.29, 1.82) is 0 Å². The van der Waals surface area contributed by atoms with E-state index in [2.05, 4.69) is 20.8 Å². The van der Waals surface area contributed by atoms with Gasteiger partial charge in [0.2, 0.25) is 0 Å². The second kappa shape index (κ2) is 8.67. The van der Waals surface area contributed by atoms with E-state index in [0.717, 1.165) is 36.0 Å². The lowest BCUT2D eigenvalue weighted by molar-refractivity contribution is 0.298. The van der Waals surface area contributed by atoms with Crippen LogP contribution in [-0.2, 0) is 4.57 Å². The van der Waals surface area contributed by atoms with Crippen molar-refractivity contribution in [3.63, 3.8) is 0 Å². The number of unbranched alkanes of at least 4 members (excludes halogenated alkanes) is 1. The van der Waals surface area contributed by atoms with Crippen LogP contribution in [0.4, 0.5) is 0 Å². The van der Waals surface area contributed by atoms with Crippen molar-refractivity contribution >= 4 is 17.8 Å². The summed E-state index contributed by atoms with van der Waals surface area (Å²) in [6, 6.07) is 20.2. The molecule has 1 unspecified atom stereocenters. The number of hydrogen-bond donors (Lipinski definition) is 0. The molecule has 0 N–H and O–H groups in total. The van der Waals surface area contributed by atoms with Crippen LogP contribution in [-0.4, -0.2) is 6.16 Å². The zero-order valence-corrected chi connectivity index (χ0v) is 16.3. The van der Waals surface area contributed by atoms with Crippen molar-refractivity contribution in [2.45, 2.75) is 52.9 Å². The molecule has 0 aliphatic rings. The summed E-state index contributed by atoms with van der Waals surface area (Å²) < 4.78 is 14.3. The Labute approximate surface area is 147 Å². The first-order chi connectivity index (χ1) is 11.5. The molecule has 0 aliphatic heterocycles. The molecule has 2 aromatic rings. The molecule has 0 saturated carbocycles. The SMILES string of the molecule is CCCCC(C)(CCC)CP(=O)(c1ccccc1)c1ccccc1. The highest BCUT2D eigenvalue weighted by Crippen LogP contribution is 2.51. The van der Waals surface area contributed by atoms with Crippen LogP contribution in [0.1, 0.15) is 52.9 Å². The highest BCUT2D eigenvalue weighted by molar-refractivity contribution is 7.78. The van der Waals surface area contributed by atoms with Gasteiger partial charge in [-0.3, -0.25) is 0 Å². The summed E-state index contributed by atoms with van der Waals surface area (Å²) in [5, 5.41) is 1.99. The van der Waals surface area contributed by atoms with E-state index < -0.39 is 7.14 Å². The molecule has 0 saturated heterocycles. The molecule has 1 atom stereocenters. The average Bonchev–Trinajstić information content (AvgIpc) is 2.61. The first-order valence-corrected chi connectivity index (χ1v) is 11.1. The third-order valence-corrected chi connectivity index (χ3v) is 8.41. The molecule has 2 aromatic carbocycles. The van der Waals surface area contributed by atoms with Crippen molar-refractivity contribution in [3.05, 3.63) is 60.7 Å². The van der Waals surface area contributed by atoms with Crippen molar-refractivity contribution in [1.82, 2.24) is 0 Å². The van der Waals surface area contributed by atoms with Crippen LogP contribution in [0.3, 0.4) is 0 Å². The molecule has 0 aliphatic carbocycles. The highest BCUT2D eigenvalue weighted by Gasteiger charge is 2.36. The van der Waals surface area contributed by atoms with Crippen molar-refractivity contribution in [3.8, 4) is 0 Å². The normalized spacial score (nSPS) is 14.3. The Bertz CT molecular complexity index is 607. The van der Waals surface area contributed by atoms with E-state index in [1.165, 1.54) is 12.8 Å². The van der Waals surface area contributed by atoms with Gasteiger partial charge in [-0.25, -0.2) is 0 Å². The molecular weight excluding hydrogens is 311 g/mol. The fraction of sp³-hybridized carbons (Fsp3) is 0.455. The summed E-state index contributed by atoms with van der Waals surface area (Å²) in [5.41, 5.74) is 0.131. The van der Waals surface area contributed by atoms with Crippen LogP contribution < -0.4 is 10.6 Å². The van der Waals surface area contributed by atoms with Crippen LogP contribution in [0.15, 0.2) is 60.7 Å². The lowest BCUT2D eigenvalue weighted by Crippen LogP contribution is -2.29. The van der Waals surface area contributed by atoms with Gasteiger partial charge in [-0.2, -0.15) is 0 Å². The summed E-state index contributed by atoms with van der Waals surface area (Å²) in [6.45, 7) is 6.81. The monoisotopic (exact) mass is 342 g/mol. The smallest absolute Gasteiger partial charge is 0.143 e. The van der Waals surface area contributed by atoms with Crippen molar-refractivity contribution in [2.24, 2.45) is 5.41 Å². The van der Waals surface area contributed by atoms with Gasteiger partial charge in [0.15, 0.2) is 0 Å². The van der Waals surface area contributed by atoms with Crippen LogP contribution in [0.2, 0.25) is 0 Å². The van der Waals surface area contributed by atoms with E-state index in [1.807, 2.05) is 60.7 Å². The van der Waals surface area contributed by atoms with Gasteiger partial charge < -0.3 is 4.57 Å². The Morgan fingerprint density at radius 3 is 1.71 bits per heavy atom. The Kier molecular flexibility index (Phi) is 6.87. The summed E-state index contributed by atoms with van der Waals surface area (Å²) >= 11 is 0. The van der Waals surface area contributed by atoms with E-state index in [4.69, 9.17) is 0 Å². The molecule has 0 bridgehead atoms. The number of hydrogen-bond acceptors (Lipinski definition) is 1. The van der Waals surface area contributed by atoms with Crippen LogP contribution in [0, 0.1) is 5.41 Å². The van der Waals surface area contributed by atoms with Crippen LogP contribution >= 0.6 is 7.14 Å². The highest BCUT2D eigenvalue weighted by atomic mass is 31.2. The predicted molar refractivity (Wildman–Crippen MR) is 107 cm³/mol. The van der Waals surface area contributed by atoms with Gasteiger partial charge >= 0.3 is 0 Å². The molecule has 0 spiro atoms. The molecule has 0 amide bonds. The third kappa shape index (κ3) is 4.61. The second-order valence-corrected chi connectivity index (χ2v) is 10.1. The minimum atomic E-state index is -2.62. The molecule has 0 radical (unpaired) electrons. The molecule has 1 nitrogen and oxygen atoms in total. The van der Waals surface area contributed by atoms with Gasteiger partial charge in [0.25, 0.3) is 0 Å². The van der Waals surface area contributed by atoms with Gasteiger partial charge in [-0.15, -0.1) is 0 Å². The maximum Gasteiger partial charge on any atom is 0.143 e. The van der Waals surface area contributed by atoms with E-state index in [1.54, 1.807) is 0 Å². The molecule has 2 rings (SSSR count). The van der Waals surface area contributed by atoms with Gasteiger partial charge in [0, 0.05) is 16.8 Å². The summed E-state index contributed by atoms with van der Waals surface area (Å²) in [7, 11) is -2.62. The molecule has 0 fully saturated rings. The van der Waals surface area contributed by atoms with Gasteiger partial charge in [0.05, 0.1) is 0 Å². The fourth-order valence-corrected chi connectivity index (χ4v) is 7.06. The van der Waals surface area contributed by atoms with E-state index in [0.29, 0.717) is 0 Å². The molecular formula is C22H31OP. The first kappa shape index (κ1) is 19.0. The van der Waals surface area contributed by atoms with E-state index in [9.17, 15) is 4.57 Å². The lowest BCUT2D eigenvalue weighted by atomic mass is 9.83. The second-order valence-electron chi connectivity index (χ2n) is 7.23. The van der Waals surface area contributed by atoms with Gasteiger partial charge in [-0.1, -0.05) is 101 Å². The maximum atomic E-state index is 14.3. The Morgan fingerprint density at radius 2 is 1.29 bits per heavy atom. The Balaban J connectivity index is 2.45. The predicted octanol–water partition coefficient (Wildman–Crippen LogP) is 6.00. The fourth-order valence-electron chi connectivity index (χ4n) is 3.70. The topological polar surface area (TPSA) is 17.1 Å². The molecule has 130 valence electrons. The number of rotatable bonds is 9. The molecule has 0 heterocycles. The van der Waals surface area contributed by atoms with Crippen LogP contribution in [0.25, 0.3) is 0 Å². The summed E-state index contributed by atoms with van der Waals surface area (Å²) in [5.74, 6) is 0. The Hall–Kier alpha value is -1.33. The zero-order chi connectivity index (χ0) is 17.5. The zero-order valence-electron chi connectivity index (χ0n) is 15.4. The summed E-state index contributed by atoms with van der Waals surface area (Å²) in [4.78, 5) is 0. The van der Waals surface area contributed by atoms with E-state index >= 15 is 0 Å².